The zero-order valence-electron chi connectivity index (χ0n) is 12.4. The summed E-state index contributed by atoms with van der Waals surface area (Å²) < 4.78 is 0. The Bertz CT molecular complexity index is 474. The summed E-state index contributed by atoms with van der Waals surface area (Å²) in [6.07, 6.45) is 0. The number of hydrogen-bond acceptors (Lipinski definition) is 6. The molecular formula is C13H23N5O2. The van der Waals surface area contributed by atoms with Crippen molar-refractivity contribution in [3.63, 3.8) is 0 Å². The molecule has 1 rings (SSSR count). The number of nitro benzene ring substituents is 1. The van der Waals surface area contributed by atoms with Gasteiger partial charge in [0.05, 0.1) is 4.92 Å². The van der Waals surface area contributed by atoms with Crippen LogP contribution in [0.25, 0.3) is 0 Å². The van der Waals surface area contributed by atoms with Crippen LogP contribution < -0.4 is 16.6 Å². The van der Waals surface area contributed by atoms with Crippen molar-refractivity contribution in [1.82, 2.24) is 4.90 Å². The van der Waals surface area contributed by atoms with Crippen LogP contribution in [0, 0.1) is 15.5 Å². The first kappa shape index (κ1) is 16.2. The van der Waals surface area contributed by atoms with E-state index in [4.69, 9.17) is 5.84 Å². The molecule has 0 unspecified atom stereocenters. The highest BCUT2D eigenvalue weighted by Crippen LogP contribution is 2.32. The Morgan fingerprint density at radius 3 is 2.45 bits per heavy atom. The third-order valence-corrected chi connectivity index (χ3v) is 2.88. The Balaban J connectivity index is 2.90. The molecule has 1 aromatic rings. The van der Waals surface area contributed by atoms with Gasteiger partial charge in [-0.2, -0.15) is 0 Å². The highest BCUT2D eigenvalue weighted by atomic mass is 16.6. The molecular weight excluding hydrogens is 258 g/mol. The first-order valence-electron chi connectivity index (χ1n) is 6.39. The molecule has 4 N–H and O–H groups in total. The van der Waals surface area contributed by atoms with Gasteiger partial charge in [0.1, 0.15) is 11.4 Å². The zero-order chi connectivity index (χ0) is 15.3. The Morgan fingerprint density at radius 2 is 1.95 bits per heavy atom. The number of para-hydroxylation sites is 1. The number of hydrazine groups is 1. The number of nitro groups is 1. The maximum absolute atomic E-state index is 11.2. The molecule has 7 heteroatoms. The lowest BCUT2D eigenvalue weighted by molar-refractivity contribution is -0.383. The second-order valence-corrected chi connectivity index (χ2v) is 5.86. The summed E-state index contributed by atoms with van der Waals surface area (Å²) in [5.74, 6) is 5.32. The lowest BCUT2D eigenvalue weighted by Gasteiger charge is -2.28. The van der Waals surface area contributed by atoms with Gasteiger partial charge in [-0.3, -0.25) is 16.0 Å². The predicted molar refractivity (Wildman–Crippen MR) is 81.7 cm³/mol. The molecule has 20 heavy (non-hydrogen) atoms. The Morgan fingerprint density at radius 1 is 1.35 bits per heavy atom. The fourth-order valence-corrected chi connectivity index (χ4v) is 2.25. The van der Waals surface area contributed by atoms with Gasteiger partial charge < -0.3 is 15.6 Å². The molecule has 0 aliphatic carbocycles. The smallest absolute Gasteiger partial charge is 0.316 e. The minimum Gasteiger partial charge on any atom is -0.379 e. The van der Waals surface area contributed by atoms with Crippen molar-refractivity contribution in [3.05, 3.63) is 28.3 Å². The molecule has 0 saturated carbocycles. The zero-order valence-corrected chi connectivity index (χ0v) is 12.4. The van der Waals surface area contributed by atoms with E-state index in [0.717, 1.165) is 6.54 Å². The molecule has 0 aliphatic heterocycles. The van der Waals surface area contributed by atoms with Crippen molar-refractivity contribution in [1.29, 1.82) is 0 Å². The van der Waals surface area contributed by atoms with Crippen molar-refractivity contribution in [2.45, 2.75) is 13.8 Å². The van der Waals surface area contributed by atoms with Crippen LogP contribution in [0.3, 0.4) is 0 Å². The van der Waals surface area contributed by atoms with Crippen LogP contribution in [0.4, 0.5) is 17.1 Å². The number of rotatable bonds is 7. The number of nitrogens with zero attached hydrogens (tertiary/aromatic N) is 2. The summed E-state index contributed by atoms with van der Waals surface area (Å²) in [5.41, 5.74) is 3.08. The van der Waals surface area contributed by atoms with Crippen LogP contribution >= 0.6 is 0 Å². The number of nitrogens with two attached hydrogens (primary N) is 1. The maximum atomic E-state index is 11.2. The molecule has 0 aromatic heterocycles. The molecule has 0 fully saturated rings. The molecule has 7 nitrogen and oxygen atoms in total. The van der Waals surface area contributed by atoms with Crippen molar-refractivity contribution < 1.29 is 4.92 Å². The Kier molecular flexibility index (Phi) is 5.29. The highest BCUT2D eigenvalue weighted by Gasteiger charge is 2.23. The standard InChI is InChI=1S/C13H23N5O2/c1-13(2,9-17(3)4)8-15-10-6-5-7-11(16-14)12(10)18(19)20/h5-7,15-16H,8-9,14H2,1-4H3. The van der Waals surface area contributed by atoms with Gasteiger partial charge in [-0.25, -0.2) is 0 Å². The van der Waals surface area contributed by atoms with Crippen molar-refractivity contribution >= 4 is 17.1 Å². The van der Waals surface area contributed by atoms with Gasteiger partial charge in [0.25, 0.3) is 0 Å². The van der Waals surface area contributed by atoms with E-state index in [1.165, 1.54) is 0 Å². The average Bonchev–Trinajstić information content (AvgIpc) is 2.34. The van der Waals surface area contributed by atoms with Crippen LogP contribution in [0.5, 0.6) is 0 Å². The molecule has 0 saturated heterocycles. The van der Waals surface area contributed by atoms with Gasteiger partial charge in [-0.15, -0.1) is 0 Å². The molecule has 0 atom stereocenters. The van der Waals surface area contributed by atoms with Crippen LogP contribution in [-0.4, -0.2) is 37.0 Å². The SMILES string of the molecule is CN(C)CC(C)(C)CNc1cccc(NN)c1[N+](=O)[O-]. The lowest BCUT2D eigenvalue weighted by atomic mass is 9.93. The molecule has 112 valence electrons. The minimum atomic E-state index is -0.434. The minimum absolute atomic E-state index is 0.0104. The van der Waals surface area contributed by atoms with Crippen molar-refractivity contribution in [3.8, 4) is 0 Å². The number of hydrogen-bond donors (Lipinski definition) is 3. The summed E-state index contributed by atoms with van der Waals surface area (Å²) in [7, 11) is 4.01. The van der Waals surface area contributed by atoms with E-state index in [0.29, 0.717) is 17.9 Å². The fraction of sp³-hybridized carbons (Fsp3) is 0.538. The van der Waals surface area contributed by atoms with Gasteiger partial charge in [0.2, 0.25) is 0 Å². The van der Waals surface area contributed by atoms with Crippen LogP contribution in [0.1, 0.15) is 13.8 Å². The first-order valence-corrected chi connectivity index (χ1v) is 6.39. The predicted octanol–water partition coefficient (Wildman–Crippen LogP) is 1.88. The summed E-state index contributed by atoms with van der Waals surface area (Å²) in [6, 6.07) is 4.99. The molecule has 0 heterocycles. The molecule has 0 bridgehead atoms. The lowest BCUT2D eigenvalue weighted by Crippen LogP contribution is -2.34. The number of nitrogens with one attached hydrogen (secondary N) is 2. The van der Waals surface area contributed by atoms with E-state index in [-0.39, 0.29) is 11.1 Å². The van der Waals surface area contributed by atoms with E-state index in [1.807, 2.05) is 14.1 Å². The summed E-state index contributed by atoms with van der Waals surface area (Å²) >= 11 is 0. The largest absolute Gasteiger partial charge is 0.379 e. The molecule has 1 aromatic carbocycles. The Hall–Kier alpha value is -1.86. The van der Waals surface area contributed by atoms with Gasteiger partial charge in [-0.1, -0.05) is 19.9 Å². The second kappa shape index (κ2) is 6.53. The topological polar surface area (TPSA) is 96.5 Å². The van der Waals surface area contributed by atoms with Gasteiger partial charge in [-0.05, 0) is 31.6 Å². The first-order chi connectivity index (χ1) is 9.26. The quantitative estimate of drug-likeness (QED) is 0.401. The van der Waals surface area contributed by atoms with E-state index in [9.17, 15) is 10.1 Å². The molecule has 0 aliphatic rings. The number of anilines is 2. The van der Waals surface area contributed by atoms with Crippen molar-refractivity contribution in [2.24, 2.45) is 11.3 Å². The van der Waals surface area contributed by atoms with E-state index < -0.39 is 4.92 Å². The maximum Gasteiger partial charge on any atom is 0.316 e. The molecule has 0 radical (unpaired) electrons. The monoisotopic (exact) mass is 281 g/mol. The second-order valence-electron chi connectivity index (χ2n) is 5.86. The number of benzene rings is 1. The average molecular weight is 281 g/mol. The highest BCUT2D eigenvalue weighted by molar-refractivity contribution is 5.75. The van der Waals surface area contributed by atoms with E-state index >= 15 is 0 Å². The summed E-state index contributed by atoms with van der Waals surface area (Å²) in [5, 5.41) is 14.3. The van der Waals surface area contributed by atoms with E-state index in [2.05, 4.69) is 29.5 Å². The van der Waals surface area contributed by atoms with Crippen molar-refractivity contribution in [2.75, 3.05) is 37.9 Å². The molecule has 0 amide bonds. The summed E-state index contributed by atoms with van der Waals surface area (Å²) in [4.78, 5) is 12.8. The summed E-state index contributed by atoms with van der Waals surface area (Å²) in [6.45, 7) is 5.72. The van der Waals surface area contributed by atoms with Gasteiger partial charge in [0, 0.05) is 13.1 Å². The van der Waals surface area contributed by atoms with Crippen LogP contribution in [0.15, 0.2) is 18.2 Å². The Labute approximate surface area is 119 Å². The van der Waals surface area contributed by atoms with Gasteiger partial charge in [0.15, 0.2) is 0 Å². The van der Waals surface area contributed by atoms with Gasteiger partial charge >= 0.3 is 5.69 Å². The third-order valence-electron chi connectivity index (χ3n) is 2.88. The molecule has 0 spiro atoms. The van der Waals surface area contributed by atoms with E-state index in [1.54, 1.807) is 18.2 Å². The normalized spacial score (nSPS) is 11.5. The number of nitrogen functional groups attached to an aromatic ring is 1. The van der Waals surface area contributed by atoms with Crippen LogP contribution in [0.2, 0.25) is 0 Å². The fourth-order valence-electron chi connectivity index (χ4n) is 2.25. The van der Waals surface area contributed by atoms with Crippen LogP contribution in [-0.2, 0) is 0 Å². The third kappa shape index (κ3) is 4.36.